The van der Waals surface area contributed by atoms with E-state index in [1.54, 1.807) is 12.2 Å². The lowest BCUT2D eigenvalue weighted by Gasteiger charge is -2.18. The van der Waals surface area contributed by atoms with Crippen LogP contribution in [0.1, 0.15) is 63.6 Å². The van der Waals surface area contributed by atoms with Gasteiger partial charge in [-0.3, -0.25) is 9.59 Å². The predicted molar refractivity (Wildman–Crippen MR) is 129 cm³/mol. The lowest BCUT2D eigenvalue weighted by Crippen LogP contribution is -2.28. The van der Waals surface area contributed by atoms with Crippen LogP contribution in [0.3, 0.4) is 0 Å². The van der Waals surface area contributed by atoms with E-state index in [4.69, 9.17) is 10.5 Å². The first kappa shape index (κ1) is 27.4. The highest BCUT2D eigenvalue weighted by Gasteiger charge is 2.19. The number of aliphatic hydroxyl groups is 1. The van der Waals surface area contributed by atoms with Gasteiger partial charge < -0.3 is 15.6 Å². The Kier molecular flexibility index (Phi) is 12.8. The average Bonchev–Trinajstić information content (AvgIpc) is 3.09. The van der Waals surface area contributed by atoms with E-state index in [1.807, 2.05) is 39.2 Å². The van der Waals surface area contributed by atoms with E-state index in [0.717, 1.165) is 20.8 Å². The van der Waals surface area contributed by atoms with Crippen molar-refractivity contribution >= 4 is 39.5 Å². The van der Waals surface area contributed by atoms with E-state index in [-0.39, 0.29) is 30.5 Å². The van der Waals surface area contributed by atoms with Gasteiger partial charge in [0.1, 0.15) is 12.4 Å². The molecule has 0 spiro atoms. The highest BCUT2D eigenvalue weighted by molar-refractivity contribution is 9.11. The number of ether oxygens (including phenoxy) is 1. The zero-order valence-electron chi connectivity index (χ0n) is 18.6. The van der Waals surface area contributed by atoms with Gasteiger partial charge in [0.05, 0.1) is 23.2 Å². The Balaban J connectivity index is 2.47. The van der Waals surface area contributed by atoms with Crippen LogP contribution in [0.15, 0.2) is 39.7 Å². The fraction of sp³-hybridized carbons (Fsp3) is 0.522. The maximum Gasteiger partial charge on any atom is 0.307 e. The van der Waals surface area contributed by atoms with Gasteiger partial charge in [0.25, 0.3) is 0 Å². The molecule has 2 unspecified atom stereocenters. The maximum atomic E-state index is 12.2. The van der Waals surface area contributed by atoms with Crippen LogP contribution in [-0.4, -0.2) is 40.6 Å². The summed E-state index contributed by atoms with van der Waals surface area (Å²) in [5.41, 5.74) is 8.12. The minimum atomic E-state index is -0.577. The number of nitrogens with zero attached hydrogens (tertiary/aromatic N) is 1. The number of carbonyl (C=O) groups excluding carboxylic acids is 2. The van der Waals surface area contributed by atoms with Gasteiger partial charge in [0.2, 0.25) is 0 Å². The second-order valence-electron chi connectivity index (χ2n) is 7.83. The number of aromatic nitrogens is 1. The molecule has 0 aromatic carbocycles. The molecule has 3 N–H and O–H groups in total. The first-order chi connectivity index (χ1) is 14.6. The third kappa shape index (κ3) is 12.1. The molecule has 0 saturated heterocycles. The third-order valence-corrected chi connectivity index (χ3v) is 5.63. The summed E-state index contributed by atoms with van der Waals surface area (Å²) in [6, 6.07) is -0.323. The Morgan fingerprint density at radius 2 is 2.03 bits per heavy atom. The zero-order chi connectivity index (χ0) is 23.4. The van der Waals surface area contributed by atoms with Crippen molar-refractivity contribution in [3.05, 3.63) is 50.4 Å². The van der Waals surface area contributed by atoms with Crippen LogP contribution in [0.25, 0.3) is 0 Å². The van der Waals surface area contributed by atoms with E-state index in [1.165, 1.54) is 17.4 Å². The number of aliphatic hydroxyl groups excluding tert-OH is 1. The molecule has 6 nitrogen and oxygen atoms in total. The zero-order valence-corrected chi connectivity index (χ0v) is 21.0. The van der Waals surface area contributed by atoms with Crippen LogP contribution in [0.4, 0.5) is 0 Å². The third-order valence-electron chi connectivity index (χ3n) is 4.48. The van der Waals surface area contributed by atoms with Crippen molar-refractivity contribution in [1.29, 1.82) is 0 Å². The predicted octanol–water partition coefficient (Wildman–Crippen LogP) is 4.58. The van der Waals surface area contributed by atoms with Gasteiger partial charge in [-0.2, -0.15) is 0 Å². The Bertz CT molecular complexity index is 799. The molecule has 0 aliphatic rings. The normalized spacial score (nSPS) is 16.7. The molecular formula is C23H33BrN2O4S. The molecule has 8 heteroatoms. The first-order valence-electron chi connectivity index (χ1n) is 10.3. The van der Waals surface area contributed by atoms with Gasteiger partial charge >= 0.3 is 5.97 Å². The summed E-state index contributed by atoms with van der Waals surface area (Å²) >= 11 is 4.84. The maximum absolute atomic E-state index is 12.2. The van der Waals surface area contributed by atoms with Crippen LogP contribution in [-0.2, 0) is 20.7 Å². The second kappa shape index (κ2) is 14.5. The van der Waals surface area contributed by atoms with Crippen molar-refractivity contribution in [3.8, 4) is 0 Å². The van der Waals surface area contributed by atoms with Gasteiger partial charge in [0.15, 0.2) is 0 Å². The first-order valence-corrected chi connectivity index (χ1v) is 12.0. The second-order valence-corrected chi connectivity index (χ2v) is 10.0. The van der Waals surface area contributed by atoms with E-state index < -0.39 is 6.10 Å². The fourth-order valence-corrected chi connectivity index (χ4v) is 4.39. The number of thiazole rings is 1. The smallest absolute Gasteiger partial charge is 0.307 e. The van der Waals surface area contributed by atoms with Crippen molar-refractivity contribution in [3.63, 3.8) is 0 Å². The Morgan fingerprint density at radius 1 is 1.32 bits per heavy atom. The number of hydrogen-bond acceptors (Lipinski definition) is 7. The number of halogens is 1. The minimum absolute atomic E-state index is 0.102. The average molecular weight is 513 g/mol. The molecule has 1 aromatic rings. The molecule has 0 aliphatic heterocycles. The Labute approximate surface area is 197 Å². The molecule has 0 saturated carbocycles. The fourth-order valence-electron chi connectivity index (χ4n) is 3.12. The molecule has 0 aliphatic carbocycles. The Hall–Kier alpha value is -1.61. The number of aldehydes is 1. The summed E-state index contributed by atoms with van der Waals surface area (Å²) in [5, 5.41) is 12.9. The minimum Gasteiger partial charge on any atom is -0.462 e. The van der Waals surface area contributed by atoms with Gasteiger partial charge in [-0.25, -0.2) is 4.98 Å². The molecule has 0 fully saturated rings. The topological polar surface area (TPSA) is 103 Å². The number of carbonyl (C=O) groups is 2. The summed E-state index contributed by atoms with van der Waals surface area (Å²) in [7, 11) is 0. The molecule has 172 valence electrons. The van der Waals surface area contributed by atoms with Crippen molar-refractivity contribution in [1.82, 2.24) is 4.98 Å². The van der Waals surface area contributed by atoms with E-state index in [2.05, 4.69) is 20.9 Å². The molecule has 0 radical (unpaired) electrons. The number of esters is 1. The quantitative estimate of drug-likeness (QED) is 0.173. The SMILES string of the molecule is C/C(Br)=C\C(O)Cc1nc([C@@H](C)C[C@@H](N)CC(=O)OC(C)C/C(C)=C/C=C\C=O)cs1. The molecule has 1 rings (SSSR count). The van der Waals surface area contributed by atoms with Crippen LogP contribution in [0.5, 0.6) is 0 Å². The monoisotopic (exact) mass is 512 g/mol. The number of nitrogens with two attached hydrogens (primary N) is 1. The van der Waals surface area contributed by atoms with Gasteiger partial charge in [-0.15, -0.1) is 11.3 Å². The highest BCUT2D eigenvalue weighted by Crippen LogP contribution is 2.24. The molecule has 4 atom stereocenters. The summed E-state index contributed by atoms with van der Waals surface area (Å²) in [4.78, 5) is 27.1. The summed E-state index contributed by atoms with van der Waals surface area (Å²) < 4.78 is 6.35. The highest BCUT2D eigenvalue weighted by atomic mass is 79.9. The summed E-state index contributed by atoms with van der Waals surface area (Å²) in [6.45, 7) is 7.67. The van der Waals surface area contributed by atoms with Crippen molar-refractivity contribution in [2.75, 3.05) is 0 Å². The molecule has 0 amide bonds. The van der Waals surface area contributed by atoms with E-state index >= 15 is 0 Å². The van der Waals surface area contributed by atoms with Gasteiger partial charge in [-0.05, 0) is 43.8 Å². The van der Waals surface area contributed by atoms with E-state index in [9.17, 15) is 14.7 Å². The molecule has 0 bridgehead atoms. The van der Waals surface area contributed by atoms with Crippen LogP contribution < -0.4 is 5.73 Å². The molecular weight excluding hydrogens is 480 g/mol. The lowest BCUT2D eigenvalue weighted by molar-refractivity contribution is -0.148. The molecule has 1 aromatic heterocycles. The van der Waals surface area contributed by atoms with E-state index in [0.29, 0.717) is 25.5 Å². The molecule has 31 heavy (non-hydrogen) atoms. The Morgan fingerprint density at radius 3 is 2.68 bits per heavy atom. The number of allylic oxidation sites excluding steroid dienone is 4. The van der Waals surface area contributed by atoms with Crippen molar-refractivity contribution < 1.29 is 19.4 Å². The molecule has 1 heterocycles. The van der Waals surface area contributed by atoms with Crippen LogP contribution in [0, 0.1) is 0 Å². The van der Waals surface area contributed by atoms with Gasteiger partial charge in [0, 0.05) is 30.2 Å². The number of hydrogen-bond donors (Lipinski definition) is 2. The standard InChI is InChI=1S/C23H33BrN2O4S/c1-15(7-5-6-8-27)9-18(4)30-23(29)12-19(25)10-16(2)21-14-31-22(26-21)13-20(28)11-17(3)24/h5-8,11,14,16,18-20,28H,9-10,12-13,25H2,1-4H3/b6-5-,15-7+,17-11+/t16-,18?,19+,20?/m0/s1. The van der Waals surface area contributed by atoms with Crippen molar-refractivity contribution in [2.24, 2.45) is 5.73 Å². The summed E-state index contributed by atoms with van der Waals surface area (Å²) in [6.07, 6.45) is 8.35. The lowest BCUT2D eigenvalue weighted by atomic mass is 9.98. The van der Waals surface area contributed by atoms with Gasteiger partial charge in [-0.1, -0.05) is 40.6 Å². The number of rotatable bonds is 13. The van der Waals surface area contributed by atoms with Crippen molar-refractivity contribution in [2.45, 2.75) is 77.5 Å². The van der Waals surface area contributed by atoms with Crippen LogP contribution >= 0.6 is 27.3 Å². The van der Waals surface area contributed by atoms with Crippen LogP contribution in [0.2, 0.25) is 0 Å². The largest absolute Gasteiger partial charge is 0.462 e. The summed E-state index contributed by atoms with van der Waals surface area (Å²) in [5.74, 6) is -0.215.